The lowest BCUT2D eigenvalue weighted by atomic mass is 9.44. The average molecular weight is 583 g/mol. The fraction of sp³-hybridized carbons (Fsp3) is 0.943. The Kier molecular flexibility index (Phi) is 7.54. The van der Waals surface area contributed by atoms with Gasteiger partial charge in [-0.05, 0) is 118 Å². The standard InChI is InChI=1S/C35H58N4O3/c1-22-8-13-35(36-21-22)23(2)32-29(42-35)19-28-26-7-6-24-18-25(9-11-33(24,3)27(26)10-12-34(28,32)4)37-30(40)20-31(41)39-16-14-38(5)15-17-39/h22-29,32,36H,6-21H2,1-5H3,(H,37,40)/t22-,23+,24+,25-,26-,27+,28+,29+,32+,33+,34+,35-/m1/s1. The van der Waals surface area contributed by atoms with Crippen molar-refractivity contribution in [1.82, 2.24) is 20.4 Å². The molecule has 7 aliphatic rings. The van der Waals surface area contributed by atoms with E-state index >= 15 is 0 Å². The maximum atomic E-state index is 12.9. The molecule has 0 aromatic heterocycles. The molecule has 7 rings (SSSR count). The lowest BCUT2D eigenvalue weighted by Crippen LogP contribution is -2.58. The Hall–Kier alpha value is -1.18. The second-order valence-corrected chi connectivity index (χ2v) is 16.7. The fourth-order valence-corrected chi connectivity index (χ4v) is 12.2. The lowest BCUT2D eigenvalue weighted by Gasteiger charge is -2.61. The minimum absolute atomic E-state index is 0.00572. The number of amides is 2. The van der Waals surface area contributed by atoms with E-state index in [1.807, 2.05) is 4.90 Å². The van der Waals surface area contributed by atoms with Crippen LogP contribution in [0.15, 0.2) is 0 Å². The van der Waals surface area contributed by atoms with Gasteiger partial charge in [-0.2, -0.15) is 0 Å². The molecule has 0 bridgehead atoms. The van der Waals surface area contributed by atoms with E-state index in [1.54, 1.807) is 0 Å². The third kappa shape index (κ3) is 4.69. The van der Waals surface area contributed by atoms with Crippen LogP contribution < -0.4 is 10.6 Å². The van der Waals surface area contributed by atoms with Crippen molar-refractivity contribution in [3.8, 4) is 0 Å². The van der Waals surface area contributed by atoms with Crippen molar-refractivity contribution in [1.29, 1.82) is 0 Å². The van der Waals surface area contributed by atoms with E-state index < -0.39 is 0 Å². The van der Waals surface area contributed by atoms with Gasteiger partial charge in [0.1, 0.15) is 12.1 Å². The van der Waals surface area contributed by atoms with Gasteiger partial charge in [-0.15, -0.1) is 0 Å². The van der Waals surface area contributed by atoms with Crippen LogP contribution in [-0.4, -0.2) is 79.3 Å². The number of piperidine rings is 1. The van der Waals surface area contributed by atoms with Crippen LogP contribution in [0.3, 0.4) is 0 Å². The van der Waals surface area contributed by atoms with E-state index in [-0.39, 0.29) is 30.0 Å². The van der Waals surface area contributed by atoms with E-state index in [1.165, 1.54) is 51.4 Å². The van der Waals surface area contributed by atoms with Crippen LogP contribution >= 0.6 is 0 Å². The summed E-state index contributed by atoms with van der Waals surface area (Å²) < 4.78 is 7.08. The smallest absolute Gasteiger partial charge is 0.232 e. The van der Waals surface area contributed by atoms with Crippen molar-refractivity contribution in [2.75, 3.05) is 39.8 Å². The maximum absolute atomic E-state index is 12.9. The first-order chi connectivity index (χ1) is 20.0. The summed E-state index contributed by atoms with van der Waals surface area (Å²) in [5, 5.41) is 7.21. The number of rotatable bonds is 3. The number of fused-ring (bicyclic) bond motifs is 7. The number of carbonyl (C=O) groups is 2. The highest BCUT2D eigenvalue weighted by molar-refractivity contribution is 5.97. The molecule has 0 radical (unpaired) electrons. The monoisotopic (exact) mass is 582 g/mol. The van der Waals surface area contributed by atoms with E-state index in [4.69, 9.17) is 4.74 Å². The third-order valence-electron chi connectivity index (χ3n) is 14.7. The number of likely N-dealkylation sites (N-methyl/N-ethyl adjacent to an activating group) is 1. The van der Waals surface area contributed by atoms with Gasteiger partial charge in [-0.25, -0.2) is 0 Å². The Morgan fingerprint density at radius 1 is 0.905 bits per heavy atom. The van der Waals surface area contributed by atoms with Gasteiger partial charge in [0.25, 0.3) is 0 Å². The normalized spacial score (nSPS) is 50.5. The van der Waals surface area contributed by atoms with Crippen molar-refractivity contribution in [2.45, 2.75) is 116 Å². The van der Waals surface area contributed by atoms with Crippen LogP contribution in [-0.2, 0) is 14.3 Å². The average Bonchev–Trinajstić information content (AvgIpc) is 3.40. The summed E-state index contributed by atoms with van der Waals surface area (Å²) in [5.74, 6) is 5.08. The second kappa shape index (κ2) is 10.7. The number of nitrogens with zero attached hydrogens (tertiary/aromatic N) is 2. The maximum Gasteiger partial charge on any atom is 0.232 e. The minimum Gasteiger partial charge on any atom is -0.357 e. The molecule has 4 aliphatic carbocycles. The summed E-state index contributed by atoms with van der Waals surface area (Å²) in [6.45, 7) is 14.5. The van der Waals surface area contributed by atoms with Crippen molar-refractivity contribution in [3.05, 3.63) is 0 Å². The third-order valence-corrected chi connectivity index (χ3v) is 14.7. The predicted octanol–water partition coefficient (Wildman–Crippen LogP) is 4.65. The summed E-state index contributed by atoms with van der Waals surface area (Å²) in [7, 11) is 2.09. The zero-order valence-corrected chi connectivity index (χ0v) is 27.1. The van der Waals surface area contributed by atoms with Crippen LogP contribution in [0, 0.1) is 52.3 Å². The predicted molar refractivity (Wildman–Crippen MR) is 164 cm³/mol. The molecule has 0 aromatic carbocycles. The molecule has 0 unspecified atom stereocenters. The van der Waals surface area contributed by atoms with E-state index in [2.05, 4.69) is 50.3 Å². The molecular formula is C35H58N4O3. The molecule has 3 aliphatic heterocycles. The first kappa shape index (κ1) is 29.5. The first-order valence-electron chi connectivity index (χ1n) is 17.7. The zero-order valence-electron chi connectivity index (χ0n) is 27.1. The van der Waals surface area contributed by atoms with Gasteiger partial charge < -0.3 is 19.9 Å². The number of nitrogens with one attached hydrogen (secondary N) is 2. The molecule has 42 heavy (non-hydrogen) atoms. The molecule has 12 atom stereocenters. The molecular weight excluding hydrogens is 524 g/mol. The SMILES string of the molecule is C[C@@H]1CC[C@@]2(NC1)O[C@H]1C[C@H]3[C@@H]4CC[C@H]5C[C@H](NC(=O)CC(=O)N6CCN(C)CC6)CC[C@]5(C)[C@H]4CC[C@]3(C)[C@H]1[C@@H]2C. The Bertz CT molecular complexity index is 1050. The molecule has 0 aromatic rings. The Morgan fingerprint density at radius 2 is 1.67 bits per heavy atom. The van der Waals surface area contributed by atoms with E-state index in [9.17, 15) is 9.59 Å². The van der Waals surface area contributed by atoms with Gasteiger partial charge in [-0.3, -0.25) is 14.9 Å². The van der Waals surface area contributed by atoms with Crippen LogP contribution in [0.4, 0.5) is 0 Å². The number of carbonyl (C=O) groups excluding carboxylic acids is 2. The Morgan fingerprint density at radius 3 is 2.40 bits per heavy atom. The zero-order chi connectivity index (χ0) is 29.4. The molecule has 7 heteroatoms. The van der Waals surface area contributed by atoms with Gasteiger partial charge in [0.05, 0.1) is 6.10 Å². The molecule has 3 heterocycles. The van der Waals surface area contributed by atoms with Crippen molar-refractivity contribution in [2.24, 2.45) is 52.3 Å². The molecule has 236 valence electrons. The molecule has 2 N–H and O–H groups in total. The van der Waals surface area contributed by atoms with Crippen LogP contribution in [0.2, 0.25) is 0 Å². The highest BCUT2D eigenvalue weighted by atomic mass is 16.5. The first-order valence-corrected chi connectivity index (χ1v) is 17.7. The number of ether oxygens (including phenoxy) is 1. The lowest BCUT2D eigenvalue weighted by molar-refractivity contribution is -0.139. The molecule has 7 fully saturated rings. The van der Waals surface area contributed by atoms with Crippen LogP contribution in [0.1, 0.15) is 98.3 Å². The Labute approximate surface area is 254 Å². The minimum atomic E-state index is -0.0752. The van der Waals surface area contributed by atoms with Gasteiger partial charge in [0.15, 0.2) is 0 Å². The number of hydrogen-bond acceptors (Lipinski definition) is 5. The quantitative estimate of drug-likeness (QED) is 0.474. The summed E-state index contributed by atoms with van der Waals surface area (Å²) in [4.78, 5) is 29.8. The fourth-order valence-electron chi connectivity index (χ4n) is 12.2. The van der Waals surface area contributed by atoms with Gasteiger partial charge in [-0.1, -0.05) is 27.7 Å². The highest BCUT2D eigenvalue weighted by Gasteiger charge is 2.68. The molecule has 4 saturated carbocycles. The van der Waals surface area contributed by atoms with Crippen molar-refractivity contribution >= 4 is 11.8 Å². The topological polar surface area (TPSA) is 73.9 Å². The van der Waals surface area contributed by atoms with Gasteiger partial charge in [0.2, 0.25) is 11.8 Å². The summed E-state index contributed by atoms with van der Waals surface area (Å²) in [5.41, 5.74) is 0.714. The largest absolute Gasteiger partial charge is 0.357 e. The molecule has 7 nitrogen and oxygen atoms in total. The molecule has 1 spiro atoms. The van der Waals surface area contributed by atoms with E-state index in [0.717, 1.165) is 69.2 Å². The molecule has 2 amide bonds. The van der Waals surface area contributed by atoms with Gasteiger partial charge >= 0.3 is 0 Å². The summed E-state index contributed by atoms with van der Waals surface area (Å²) in [6.07, 6.45) is 12.9. The van der Waals surface area contributed by atoms with Crippen molar-refractivity contribution < 1.29 is 14.3 Å². The van der Waals surface area contributed by atoms with Gasteiger partial charge in [0, 0.05) is 44.7 Å². The van der Waals surface area contributed by atoms with E-state index in [0.29, 0.717) is 34.7 Å². The molecule has 3 saturated heterocycles. The van der Waals surface area contributed by atoms with Crippen molar-refractivity contribution in [3.63, 3.8) is 0 Å². The summed E-state index contributed by atoms with van der Waals surface area (Å²) >= 11 is 0. The van der Waals surface area contributed by atoms with Crippen LogP contribution in [0.25, 0.3) is 0 Å². The van der Waals surface area contributed by atoms with Crippen LogP contribution in [0.5, 0.6) is 0 Å². The number of piperazine rings is 1. The second-order valence-electron chi connectivity index (χ2n) is 16.7. The Balaban J connectivity index is 0.971. The summed E-state index contributed by atoms with van der Waals surface area (Å²) in [6, 6.07) is 0.225. The highest BCUT2D eigenvalue weighted by Crippen LogP contribution is 2.71. The number of hydrogen-bond donors (Lipinski definition) is 2.